The van der Waals surface area contributed by atoms with E-state index in [2.05, 4.69) is 28.4 Å². The van der Waals surface area contributed by atoms with Crippen LogP contribution in [-0.2, 0) is 13.5 Å². The quantitative estimate of drug-likeness (QED) is 0.864. The first kappa shape index (κ1) is 12.5. The zero-order valence-electron chi connectivity index (χ0n) is 10.7. The zero-order chi connectivity index (χ0) is 13.4. The van der Waals surface area contributed by atoms with Crippen molar-refractivity contribution in [2.75, 3.05) is 0 Å². The molecule has 3 N–H and O–H groups in total. The van der Waals surface area contributed by atoms with Gasteiger partial charge in [0.2, 0.25) is 0 Å². The summed E-state index contributed by atoms with van der Waals surface area (Å²) in [7, 11) is 1.72. The monoisotopic (exact) mass is 276 g/mol. The molecule has 3 rings (SSSR count). The number of H-pyrrole nitrogens is 1. The predicted octanol–water partition coefficient (Wildman–Crippen LogP) is 1.22. The summed E-state index contributed by atoms with van der Waals surface area (Å²) in [6.45, 7) is 0. The number of rotatable bonds is 2. The molecule has 1 aromatic carbocycles. The zero-order valence-corrected chi connectivity index (χ0v) is 11.5. The molecule has 1 heterocycles. The maximum atomic E-state index is 11.4. The average Bonchev–Trinajstić information content (AvgIpc) is 2.74. The van der Waals surface area contributed by atoms with Gasteiger partial charge in [0.15, 0.2) is 5.16 Å². The van der Waals surface area contributed by atoms with Crippen LogP contribution in [0.1, 0.15) is 23.6 Å². The molecule has 6 heteroatoms. The maximum Gasteiger partial charge on any atom is 0.343 e. The standard InChI is InChI=1S/C13H16N4OS/c1-17-12(18)15-16-13(17)19-10-7-6-8-4-2-3-5-9(8)11(10)14/h2-5,10-11H,6-7,14H2,1H3,(H,15,18). The van der Waals surface area contributed by atoms with Crippen molar-refractivity contribution in [2.24, 2.45) is 12.8 Å². The van der Waals surface area contributed by atoms with Crippen LogP contribution in [0.3, 0.4) is 0 Å². The number of thioether (sulfide) groups is 1. The van der Waals surface area contributed by atoms with Crippen molar-refractivity contribution in [2.45, 2.75) is 29.3 Å². The fraction of sp³-hybridized carbons (Fsp3) is 0.385. The Bertz CT molecular complexity index is 648. The minimum atomic E-state index is -0.188. The van der Waals surface area contributed by atoms with E-state index in [1.165, 1.54) is 15.7 Å². The summed E-state index contributed by atoms with van der Waals surface area (Å²) in [5.74, 6) is 0. The van der Waals surface area contributed by atoms with Crippen LogP contribution in [0.5, 0.6) is 0 Å². The molecule has 1 aliphatic rings. The number of hydrogen-bond donors (Lipinski definition) is 2. The lowest BCUT2D eigenvalue weighted by Gasteiger charge is -2.30. The van der Waals surface area contributed by atoms with E-state index in [0.29, 0.717) is 5.16 Å². The van der Waals surface area contributed by atoms with E-state index in [1.807, 2.05) is 6.07 Å². The van der Waals surface area contributed by atoms with Crippen molar-refractivity contribution in [3.8, 4) is 0 Å². The van der Waals surface area contributed by atoms with Crippen molar-refractivity contribution in [3.63, 3.8) is 0 Å². The van der Waals surface area contributed by atoms with Gasteiger partial charge in [0.1, 0.15) is 0 Å². The number of nitrogens with one attached hydrogen (secondary N) is 1. The van der Waals surface area contributed by atoms with Gasteiger partial charge in [-0.1, -0.05) is 36.0 Å². The third kappa shape index (κ3) is 2.21. The highest BCUT2D eigenvalue weighted by atomic mass is 32.2. The number of nitrogens with zero attached hydrogens (tertiary/aromatic N) is 2. The highest BCUT2D eigenvalue weighted by molar-refractivity contribution is 7.99. The average molecular weight is 276 g/mol. The number of aromatic nitrogens is 3. The Morgan fingerprint density at radius 2 is 2.26 bits per heavy atom. The molecule has 2 unspecified atom stereocenters. The van der Waals surface area contributed by atoms with E-state index in [-0.39, 0.29) is 17.0 Å². The van der Waals surface area contributed by atoms with Crippen molar-refractivity contribution < 1.29 is 0 Å². The Balaban J connectivity index is 1.85. The first-order valence-electron chi connectivity index (χ1n) is 6.28. The predicted molar refractivity (Wildman–Crippen MR) is 75.2 cm³/mol. The second kappa shape index (κ2) is 4.86. The molecular formula is C13H16N4OS. The van der Waals surface area contributed by atoms with Gasteiger partial charge in [-0.2, -0.15) is 0 Å². The van der Waals surface area contributed by atoms with Gasteiger partial charge < -0.3 is 5.73 Å². The van der Waals surface area contributed by atoms with E-state index < -0.39 is 0 Å². The van der Waals surface area contributed by atoms with Gasteiger partial charge >= 0.3 is 5.69 Å². The SMILES string of the molecule is Cn1c(SC2CCc3ccccc3C2N)n[nH]c1=O. The van der Waals surface area contributed by atoms with Gasteiger partial charge in [0.05, 0.1) is 0 Å². The van der Waals surface area contributed by atoms with Gasteiger partial charge in [0, 0.05) is 18.3 Å². The molecule has 0 fully saturated rings. The minimum absolute atomic E-state index is 0.0123. The van der Waals surface area contributed by atoms with E-state index >= 15 is 0 Å². The molecule has 19 heavy (non-hydrogen) atoms. The van der Waals surface area contributed by atoms with Crippen LogP contribution in [-0.4, -0.2) is 20.0 Å². The molecule has 1 aliphatic carbocycles. The van der Waals surface area contributed by atoms with E-state index in [9.17, 15) is 4.79 Å². The first-order chi connectivity index (χ1) is 9.16. The molecular weight excluding hydrogens is 260 g/mol. The Morgan fingerprint density at radius 1 is 1.47 bits per heavy atom. The summed E-state index contributed by atoms with van der Waals surface area (Å²) in [6, 6.07) is 8.30. The number of aromatic amines is 1. The smallest absolute Gasteiger partial charge is 0.323 e. The molecule has 1 aromatic heterocycles. The van der Waals surface area contributed by atoms with Crippen molar-refractivity contribution in [3.05, 3.63) is 45.9 Å². The van der Waals surface area contributed by atoms with Gasteiger partial charge in [-0.05, 0) is 24.0 Å². The molecule has 5 nitrogen and oxygen atoms in total. The van der Waals surface area contributed by atoms with Gasteiger partial charge in [-0.3, -0.25) is 4.57 Å². The topological polar surface area (TPSA) is 76.7 Å². The second-order valence-electron chi connectivity index (χ2n) is 4.79. The Kier molecular flexibility index (Phi) is 3.20. The molecule has 2 atom stereocenters. The molecule has 0 saturated carbocycles. The van der Waals surface area contributed by atoms with Crippen molar-refractivity contribution in [1.82, 2.24) is 14.8 Å². The molecule has 0 radical (unpaired) electrons. The number of nitrogens with two attached hydrogens (primary N) is 1. The Morgan fingerprint density at radius 3 is 3.00 bits per heavy atom. The summed E-state index contributed by atoms with van der Waals surface area (Å²) in [5.41, 5.74) is 8.71. The lowest BCUT2D eigenvalue weighted by Crippen LogP contribution is -2.29. The molecule has 0 aliphatic heterocycles. The Hall–Kier alpha value is -1.53. The summed E-state index contributed by atoms with van der Waals surface area (Å²) < 4.78 is 1.53. The minimum Gasteiger partial charge on any atom is -0.323 e. The van der Waals surface area contributed by atoms with Crippen LogP contribution in [0.25, 0.3) is 0 Å². The van der Waals surface area contributed by atoms with Gasteiger partial charge in [-0.25, -0.2) is 9.89 Å². The number of fused-ring (bicyclic) bond motifs is 1. The highest BCUT2D eigenvalue weighted by Crippen LogP contribution is 2.37. The van der Waals surface area contributed by atoms with E-state index in [1.54, 1.807) is 18.8 Å². The summed E-state index contributed by atoms with van der Waals surface area (Å²) >= 11 is 1.58. The molecule has 100 valence electrons. The third-order valence-electron chi connectivity index (χ3n) is 3.61. The molecule has 0 bridgehead atoms. The maximum absolute atomic E-state index is 11.4. The molecule has 2 aromatic rings. The summed E-state index contributed by atoms with van der Waals surface area (Å²) in [4.78, 5) is 11.4. The Labute approximate surface area is 115 Å². The van der Waals surface area contributed by atoms with Crippen molar-refractivity contribution >= 4 is 11.8 Å². The van der Waals surface area contributed by atoms with E-state index in [4.69, 9.17) is 5.73 Å². The van der Waals surface area contributed by atoms with Crippen LogP contribution in [0.15, 0.2) is 34.2 Å². The molecule has 0 spiro atoms. The largest absolute Gasteiger partial charge is 0.343 e. The fourth-order valence-corrected chi connectivity index (χ4v) is 3.61. The molecule has 0 saturated heterocycles. The van der Waals surface area contributed by atoms with Crippen LogP contribution >= 0.6 is 11.8 Å². The highest BCUT2D eigenvalue weighted by Gasteiger charge is 2.28. The summed E-state index contributed by atoms with van der Waals surface area (Å²) in [5, 5.41) is 7.44. The second-order valence-corrected chi connectivity index (χ2v) is 6.00. The van der Waals surface area contributed by atoms with Crippen LogP contribution in [0.4, 0.5) is 0 Å². The fourth-order valence-electron chi connectivity index (χ4n) is 2.47. The lowest BCUT2D eigenvalue weighted by atomic mass is 9.88. The number of benzene rings is 1. The third-order valence-corrected chi connectivity index (χ3v) is 5.02. The number of aryl methyl sites for hydroxylation is 1. The van der Waals surface area contributed by atoms with Crippen molar-refractivity contribution in [1.29, 1.82) is 0 Å². The lowest BCUT2D eigenvalue weighted by molar-refractivity contribution is 0.583. The van der Waals surface area contributed by atoms with Gasteiger partial charge in [-0.15, -0.1) is 5.10 Å². The first-order valence-corrected chi connectivity index (χ1v) is 7.16. The summed E-state index contributed by atoms with van der Waals surface area (Å²) in [6.07, 6.45) is 2.03. The van der Waals surface area contributed by atoms with Crippen LogP contribution in [0.2, 0.25) is 0 Å². The number of hydrogen-bond acceptors (Lipinski definition) is 4. The van der Waals surface area contributed by atoms with Gasteiger partial charge in [0.25, 0.3) is 0 Å². The van der Waals surface area contributed by atoms with Crippen LogP contribution < -0.4 is 11.4 Å². The normalized spacial score (nSPS) is 22.2. The van der Waals surface area contributed by atoms with Crippen LogP contribution in [0, 0.1) is 0 Å². The molecule has 0 amide bonds. The van der Waals surface area contributed by atoms with E-state index in [0.717, 1.165) is 12.8 Å².